The molecule has 29 heavy (non-hydrogen) atoms. The van der Waals surface area contributed by atoms with E-state index in [-0.39, 0.29) is 23.3 Å². The minimum atomic E-state index is -0.328. The number of likely N-dealkylation sites (tertiary alicyclic amines) is 2. The molecule has 2 heterocycles. The molecule has 2 fully saturated rings. The van der Waals surface area contributed by atoms with Gasteiger partial charge in [0.1, 0.15) is 5.75 Å². The number of methoxy groups -OCH3 is 1. The van der Waals surface area contributed by atoms with Gasteiger partial charge in [-0.05, 0) is 43.4 Å². The van der Waals surface area contributed by atoms with E-state index in [4.69, 9.17) is 4.74 Å². The van der Waals surface area contributed by atoms with Gasteiger partial charge >= 0.3 is 0 Å². The Kier molecular flexibility index (Phi) is 5.31. The van der Waals surface area contributed by atoms with E-state index in [1.54, 1.807) is 13.2 Å². The van der Waals surface area contributed by atoms with E-state index in [1.807, 2.05) is 53.2 Å². The number of piperidine rings is 1. The molecule has 152 valence electrons. The molecular weight excluding hydrogens is 364 g/mol. The van der Waals surface area contributed by atoms with Crippen molar-refractivity contribution in [2.75, 3.05) is 27.2 Å². The molecule has 1 unspecified atom stereocenters. The maximum atomic E-state index is 13.1. The van der Waals surface area contributed by atoms with Crippen molar-refractivity contribution in [3.63, 3.8) is 0 Å². The summed E-state index contributed by atoms with van der Waals surface area (Å²) in [6.07, 6.45) is 3.20. The predicted octanol–water partition coefficient (Wildman–Crippen LogP) is 3.39. The van der Waals surface area contributed by atoms with Crippen LogP contribution in [0.4, 0.5) is 0 Å². The molecule has 1 atom stereocenters. The number of amides is 2. The average molecular weight is 392 g/mol. The van der Waals surface area contributed by atoms with Crippen LogP contribution in [0.25, 0.3) is 0 Å². The Morgan fingerprint density at radius 1 is 1.07 bits per heavy atom. The molecule has 2 amide bonds. The second-order valence-corrected chi connectivity index (χ2v) is 8.24. The number of hydrogen-bond donors (Lipinski definition) is 0. The minimum absolute atomic E-state index is 0.0167. The topological polar surface area (TPSA) is 49.9 Å². The third kappa shape index (κ3) is 3.61. The third-order valence-electron chi connectivity index (χ3n) is 6.61. The SMILES string of the molecule is COc1ccccc1C(=O)N1CCC2(CC1)CC(Cc1ccccc1)N(C)C2=O. The van der Waals surface area contributed by atoms with Crippen LogP contribution in [0.2, 0.25) is 0 Å². The largest absolute Gasteiger partial charge is 0.496 e. The van der Waals surface area contributed by atoms with Gasteiger partial charge in [-0.2, -0.15) is 0 Å². The Bertz CT molecular complexity index is 888. The first-order valence-corrected chi connectivity index (χ1v) is 10.3. The Morgan fingerprint density at radius 2 is 1.72 bits per heavy atom. The number of para-hydroxylation sites is 1. The predicted molar refractivity (Wildman–Crippen MR) is 112 cm³/mol. The summed E-state index contributed by atoms with van der Waals surface area (Å²) < 4.78 is 5.34. The van der Waals surface area contributed by atoms with Crippen LogP contribution in [-0.2, 0) is 11.2 Å². The lowest BCUT2D eigenvalue weighted by Gasteiger charge is -2.38. The summed E-state index contributed by atoms with van der Waals surface area (Å²) in [7, 11) is 3.51. The van der Waals surface area contributed by atoms with E-state index in [0.29, 0.717) is 24.4 Å². The Morgan fingerprint density at radius 3 is 2.41 bits per heavy atom. The van der Waals surface area contributed by atoms with Gasteiger partial charge in [0.15, 0.2) is 0 Å². The number of likely N-dealkylation sites (N-methyl/N-ethyl adjacent to an activating group) is 1. The number of hydrogen-bond acceptors (Lipinski definition) is 3. The zero-order valence-corrected chi connectivity index (χ0v) is 17.1. The number of nitrogens with zero attached hydrogens (tertiary/aromatic N) is 2. The number of rotatable bonds is 4. The zero-order chi connectivity index (χ0) is 20.4. The summed E-state index contributed by atoms with van der Waals surface area (Å²) in [4.78, 5) is 29.9. The lowest BCUT2D eigenvalue weighted by molar-refractivity contribution is -0.137. The molecular formula is C24H28N2O3. The molecule has 0 radical (unpaired) electrons. The highest BCUT2D eigenvalue weighted by atomic mass is 16.5. The van der Waals surface area contributed by atoms with Crippen molar-refractivity contribution in [2.24, 2.45) is 5.41 Å². The van der Waals surface area contributed by atoms with E-state index in [9.17, 15) is 9.59 Å². The van der Waals surface area contributed by atoms with Crippen molar-refractivity contribution in [1.29, 1.82) is 0 Å². The minimum Gasteiger partial charge on any atom is -0.496 e. The molecule has 0 aromatic heterocycles. The molecule has 0 N–H and O–H groups in total. The summed E-state index contributed by atoms with van der Waals surface area (Å²) >= 11 is 0. The lowest BCUT2D eigenvalue weighted by Crippen LogP contribution is -2.46. The molecule has 5 heteroatoms. The summed E-state index contributed by atoms with van der Waals surface area (Å²) in [5, 5.41) is 0. The fourth-order valence-corrected chi connectivity index (χ4v) is 4.86. The van der Waals surface area contributed by atoms with Crippen molar-refractivity contribution >= 4 is 11.8 Å². The Balaban J connectivity index is 1.44. The third-order valence-corrected chi connectivity index (χ3v) is 6.61. The highest BCUT2D eigenvalue weighted by Crippen LogP contribution is 2.45. The van der Waals surface area contributed by atoms with Crippen LogP contribution in [0.3, 0.4) is 0 Å². The summed E-state index contributed by atoms with van der Waals surface area (Å²) in [5.41, 5.74) is 1.52. The molecule has 1 spiro atoms. The molecule has 0 saturated carbocycles. The van der Waals surface area contributed by atoms with E-state index in [1.165, 1.54) is 5.56 Å². The molecule has 2 saturated heterocycles. The zero-order valence-electron chi connectivity index (χ0n) is 17.1. The van der Waals surface area contributed by atoms with Crippen LogP contribution >= 0.6 is 0 Å². The lowest BCUT2D eigenvalue weighted by atomic mass is 9.75. The van der Waals surface area contributed by atoms with Crippen LogP contribution in [0.15, 0.2) is 54.6 Å². The van der Waals surface area contributed by atoms with Crippen LogP contribution < -0.4 is 4.74 Å². The quantitative estimate of drug-likeness (QED) is 0.801. The summed E-state index contributed by atoms with van der Waals surface area (Å²) in [6, 6.07) is 17.9. The van der Waals surface area contributed by atoms with E-state index in [0.717, 1.165) is 25.7 Å². The molecule has 2 aliphatic rings. The first-order chi connectivity index (χ1) is 14.0. The number of ether oxygens (including phenoxy) is 1. The Hall–Kier alpha value is -2.82. The average Bonchev–Trinajstić information content (AvgIpc) is 2.99. The van der Waals surface area contributed by atoms with Crippen molar-refractivity contribution in [1.82, 2.24) is 9.80 Å². The van der Waals surface area contributed by atoms with Crippen LogP contribution in [0, 0.1) is 5.41 Å². The molecule has 5 nitrogen and oxygen atoms in total. The van der Waals surface area contributed by atoms with Gasteiger partial charge in [-0.25, -0.2) is 0 Å². The standard InChI is InChI=1S/C24H28N2O3/c1-25-19(16-18-8-4-3-5-9-18)17-24(23(25)28)12-14-26(15-13-24)22(27)20-10-6-7-11-21(20)29-2/h3-11,19H,12-17H2,1-2H3. The van der Waals surface area contributed by atoms with Crippen molar-refractivity contribution in [3.8, 4) is 5.75 Å². The van der Waals surface area contributed by atoms with Gasteiger partial charge in [0.05, 0.1) is 18.1 Å². The number of carbonyl (C=O) groups is 2. The summed E-state index contributed by atoms with van der Waals surface area (Å²) in [5.74, 6) is 0.817. The van der Waals surface area contributed by atoms with Crippen LogP contribution in [0.1, 0.15) is 35.2 Å². The smallest absolute Gasteiger partial charge is 0.257 e. The van der Waals surface area contributed by atoms with E-state index in [2.05, 4.69) is 12.1 Å². The van der Waals surface area contributed by atoms with Gasteiger partial charge in [-0.3, -0.25) is 9.59 Å². The van der Waals surface area contributed by atoms with E-state index < -0.39 is 0 Å². The van der Waals surface area contributed by atoms with Gasteiger partial charge in [0, 0.05) is 26.2 Å². The fraction of sp³-hybridized carbons (Fsp3) is 0.417. The van der Waals surface area contributed by atoms with E-state index >= 15 is 0 Å². The highest BCUT2D eigenvalue weighted by Gasteiger charge is 2.51. The molecule has 2 aromatic rings. The van der Waals surface area contributed by atoms with Gasteiger partial charge in [-0.1, -0.05) is 42.5 Å². The molecule has 0 aliphatic carbocycles. The summed E-state index contributed by atoms with van der Waals surface area (Å²) in [6.45, 7) is 1.21. The van der Waals surface area contributed by atoms with Crippen LogP contribution in [0.5, 0.6) is 5.75 Å². The van der Waals surface area contributed by atoms with Crippen molar-refractivity contribution in [2.45, 2.75) is 31.7 Å². The van der Waals surface area contributed by atoms with Gasteiger partial charge < -0.3 is 14.5 Å². The molecule has 2 aromatic carbocycles. The molecule has 2 aliphatic heterocycles. The number of carbonyl (C=O) groups excluding carboxylic acids is 2. The monoisotopic (exact) mass is 392 g/mol. The normalized spacial score (nSPS) is 20.9. The van der Waals surface area contributed by atoms with Gasteiger partial charge in [0.2, 0.25) is 5.91 Å². The molecule has 0 bridgehead atoms. The first-order valence-electron chi connectivity index (χ1n) is 10.3. The first kappa shape index (κ1) is 19.5. The van der Waals surface area contributed by atoms with Gasteiger partial charge in [-0.15, -0.1) is 0 Å². The fourth-order valence-electron chi connectivity index (χ4n) is 4.86. The van der Waals surface area contributed by atoms with Crippen molar-refractivity contribution in [3.05, 3.63) is 65.7 Å². The Labute approximate surface area is 172 Å². The van der Waals surface area contributed by atoms with Crippen LogP contribution in [-0.4, -0.2) is 54.9 Å². The maximum absolute atomic E-state index is 13.1. The second kappa shape index (κ2) is 7.90. The van der Waals surface area contributed by atoms with Crippen molar-refractivity contribution < 1.29 is 14.3 Å². The van der Waals surface area contributed by atoms with Gasteiger partial charge in [0.25, 0.3) is 5.91 Å². The maximum Gasteiger partial charge on any atom is 0.257 e. The molecule has 4 rings (SSSR count). The highest BCUT2D eigenvalue weighted by molar-refractivity contribution is 5.97. The number of benzene rings is 2. The second-order valence-electron chi connectivity index (χ2n) is 8.24.